The maximum Gasteiger partial charge on any atom is 0.109 e. The standard InChI is InChI=1S/C15H26N2S/c1-4-5-13-6-8-14(9-7-13)17-12(3)15-16-10-11(2)18-15/h10,12-14,17H,4-9H2,1-3H3. The zero-order valence-corrected chi connectivity index (χ0v) is 12.7. The minimum absolute atomic E-state index is 0.413. The van der Waals surface area contributed by atoms with E-state index >= 15 is 0 Å². The summed E-state index contributed by atoms with van der Waals surface area (Å²) >= 11 is 1.82. The Morgan fingerprint density at radius 1 is 1.39 bits per heavy atom. The quantitative estimate of drug-likeness (QED) is 0.851. The van der Waals surface area contributed by atoms with Gasteiger partial charge in [0.2, 0.25) is 0 Å². The minimum atomic E-state index is 0.413. The second-order valence-corrected chi connectivity index (χ2v) is 6.97. The first-order chi connectivity index (χ1) is 8.69. The second-order valence-electron chi connectivity index (χ2n) is 5.70. The average molecular weight is 266 g/mol. The predicted octanol–water partition coefficient (Wildman–Crippen LogP) is 4.46. The minimum Gasteiger partial charge on any atom is -0.305 e. The Labute approximate surface area is 115 Å². The van der Waals surface area contributed by atoms with E-state index in [2.05, 4.69) is 31.1 Å². The number of rotatable bonds is 5. The van der Waals surface area contributed by atoms with E-state index in [1.807, 2.05) is 17.5 Å². The molecule has 0 saturated heterocycles. The van der Waals surface area contributed by atoms with Crippen molar-refractivity contribution < 1.29 is 0 Å². The molecule has 1 unspecified atom stereocenters. The van der Waals surface area contributed by atoms with Gasteiger partial charge in [-0.15, -0.1) is 11.3 Å². The van der Waals surface area contributed by atoms with Crippen LogP contribution >= 0.6 is 11.3 Å². The highest BCUT2D eigenvalue weighted by atomic mass is 32.1. The van der Waals surface area contributed by atoms with Crippen LogP contribution in [0, 0.1) is 12.8 Å². The van der Waals surface area contributed by atoms with Gasteiger partial charge in [0, 0.05) is 17.1 Å². The van der Waals surface area contributed by atoms with Gasteiger partial charge in [0.25, 0.3) is 0 Å². The van der Waals surface area contributed by atoms with Gasteiger partial charge in [0.1, 0.15) is 5.01 Å². The van der Waals surface area contributed by atoms with E-state index in [-0.39, 0.29) is 0 Å². The third-order valence-corrected chi connectivity index (χ3v) is 5.13. The number of aromatic nitrogens is 1. The number of nitrogens with zero attached hydrogens (tertiary/aromatic N) is 1. The Morgan fingerprint density at radius 2 is 2.11 bits per heavy atom. The monoisotopic (exact) mass is 266 g/mol. The first kappa shape index (κ1) is 14.0. The van der Waals surface area contributed by atoms with Gasteiger partial charge >= 0.3 is 0 Å². The van der Waals surface area contributed by atoms with Gasteiger partial charge in [-0.2, -0.15) is 0 Å². The van der Waals surface area contributed by atoms with E-state index in [1.165, 1.54) is 48.4 Å². The molecular weight excluding hydrogens is 240 g/mol. The van der Waals surface area contributed by atoms with Gasteiger partial charge in [0.15, 0.2) is 0 Å². The van der Waals surface area contributed by atoms with Gasteiger partial charge in [-0.05, 0) is 45.4 Å². The molecule has 1 aromatic heterocycles. The lowest BCUT2D eigenvalue weighted by molar-refractivity contribution is 0.266. The van der Waals surface area contributed by atoms with Crippen LogP contribution in [0.1, 0.15) is 68.3 Å². The maximum absolute atomic E-state index is 4.48. The summed E-state index contributed by atoms with van der Waals surface area (Å²) in [6.45, 7) is 6.68. The second kappa shape index (κ2) is 6.67. The van der Waals surface area contributed by atoms with Crippen LogP contribution in [-0.2, 0) is 0 Å². The number of aryl methyl sites for hydroxylation is 1. The van der Waals surface area contributed by atoms with E-state index in [0.29, 0.717) is 12.1 Å². The van der Waals surface area contributed by atoms with Crippen LogP contribution in [-0.4, -0.2) is 11.0 Å². The van der Waals surface area contributed by atoms with Crippen molar-refractivity contribution in [1.82, 2.24) is 10.3 Å². The van der Waals surface area contributed by atoms with E-state index in [4.69, 9.17) is 0 Å². The normalized spacial score (nSPS) is 26.2. The molecule has 102 valence electrons. The highest BCUT2D eigenvalue weighted by Crippen LogP contribution is 2.29. The fourth-order valence-electron chi connectivity index (χ4n) is 3.02. The number of hydrogen-bond acceptors (Lipinski definition) is 3. The highest BCUT2D eigenvalue weighted by Gasteiger charge is 2.22. The van der Waals surface area contributed by atoms with Crippen molar-refractivity contribution in [2.45, 2.75) is 71.4 Å². The van der Waals surface area contributed by atoms with Crippen LogP contribution < -0.4 is 5.32 Å². The molecule has 2 nitrogen and oxygen atoms in total. The molecule has 1 aliphatic rings. The Balaban J connectivity index is 1.77. The SMILES string of the molecule is CCCC1CCC(NC(C)c2ncc(C)s2)CC1. The number of hydrogen-bond donors (Lipinski definition) is 1. The topological polar surface area (TPSA) is 24.9 Å². The highest BCUT2D eigenvalue weighted by molar-refractivity contribution is 7.11. The molecule has 1 atom stereocenters. The van der Waals surface area contributed by atoms with E-state index in [0.717, 1.165) is 5.92 Å². The van der Waals surface area contributed by atoms with Crippen molar-refractivity contribution in [2.75, 3.05) is 0 Å². The molecule has 3 heteroatoms. The van der Waals surface area contributed by atoms with Gasteiger partial charge in [-0.3, -0.25) is 0 Å². The molecule has 1 aliphatic carbocycles. The third-order valence-electron chi connectivity index (χ3n) is 4.04. The summed E-state index contributed by atoms with van der Waals surface area (Å²) in [5.74, 6) is 0.991. The van der Waals surface area contributed by atoms with Crippen molar-refractivity contribution in [2.24, 2.45) is 5.92 Å². The van der Waals surface area contributed by atoms with Crippen molar-refractivity contribution in [3.63, 3.8) is 0 Å². The molecule has 0 radical (unpaired) electrons. The fraction of sp³-hybridized carbons (Fsp3) is 0.800. The van der Waals surface area contributed by atoms with Crippen LogP contribution in [0.3, 0.4) is 0 Å². The zero-order chi connectivity index (χ0) is 13.0. The number of nitrogens with one attached hydrogen (secondary N) is 1. The molecule has 1 aromatic rings. The van der Waals surface area contributed by atoms with Crippen molar-refractivity contribution in [3.8, 4) is 0 Å². The molecule has 1 N–H and O–H groups in total. The lowest BCUT2D eigenvalue weighted by Gasteiger charge is -2.30. The summed E-state index contributed by atoms with van der Waals surface area (Å²) in [6, 6.07) is 1.12. The van der Waals surface area contributed by atoms with Gasteiger partial charge in [-0.1, -0.05) is 19.8 Å². The van der Waals surface area contributed by atoms with Crippen LogP contribution in [0.15, 0.2) is 6.20 Å². The molecule has 1 heterocycles. The maximum atomic E-state index is 4.48. The van der Waals surface area contributed by atoms with Gasteiger partial charge < -0.3 is 5.32 Å². The smallest absolute Gasteiger partial charge is 0.109 e. The molecule has 0 bridgehead atoms. The van der Waals surface area contributed by atoms with E-state index < -0.39 is 0 Å². The number of thiazole rings is 1. The predicted molar refractivity (Wildman–Crippen MR) is 79.1 cm³/mol. The average Bonchev–Trinajstić information content (AvgIpc) is 2.79. The summed E-state index contributed by atoms with van der Waals surface area (Å²) in [6.07, 6.45) is 10.3. The van der Waals surface area contributed by atoms with Crippen LogP contribution in [0.5, 0.6) is 0 Å². The molecule has 18 heavy (non-hydrogen) atoms. The Morgan fingerprint density at radius 3 is 2.67 bits per heavy atom. The summed E-state index contributed by atoms with van der Waals surface area (Å²) in [5, 5.41) is 5.00. The fourth-order valence-corrected chi connectivity index (χ4v) is 3.81. The van der Waals surface area contributed by atoms with E-state index in [1.54, 1.807) is 0 Å². The zero-order valence-electron chi connectivity index (χ0n) is 11.9. The lowest BCUT2D eigenvalue weighted by Crippen LogP contribution is -2.34. The first-order valence-electron chi connectivity index (χ1n) is 7.37. The van der Waals surface area contributed by atoms with E-state index in [9.17, 15) is 0 Å². The summed E-state index contributed by atoms with van der Waals surface area (Å²) in [5.41, 5.74) is 0. The van der Waals surface area contributed by atoms with Crippen LogP contribution in [0.25, 0.3) is 0 Å². The Hall–Kier alpha value is -0.410. The molecule has 2 rings (SSSR count). The molecule has 1 saturated carbocycles. The molecule has 0 aliphatic heterocycles. The molecule has 0 amide bonds. The summed E-state index contributed by atoms with van der Waals surface area (Å²) in [7, 11) is 0. The summed E-state index contributed by atoms with van der Waals surface area (Å²) < 4.78 is 0. The first-order valence-corrected chi connectivity index (χ1v) is 8.19. The summed E-state index contributed by atoms with van der Waals surface area (Å²) in [4.78, 5) is 5.79. The van der Waals surface area contributed by atoms with Gasteiger partial charge in [-0.25, -0.2) is 4.98 Å². The lowest BCUT2D eigenvalue weighted by atomic mass is 9.83. The van der Waals surface area contributed by atoms with Crippen LogP contribution in [0.2, 0.25) is 0 Å². The van der Waals surface area contributed by atoms with Crippen molar-refractivity contribution >= 4 is 11.3 Å². The van der Waals surface area contributed by atoms with Crippen molar-refractivity contribution in [1.29, 1.82) is 0 Å². The molecule has 0 aromatic carbocycles. The Kier molecular flexibility index (Phi) is 5.19. The molecule has 0 spiro atoms. The Bertz CT molecular complexity index is 353. The largest absolute Gasteiger partial charge is 0.305 e. The third kappa shape index (κ3) is 3.79. The van der Waals surface area contributed by atoms with Gasteiger partial charge in [0.05, 0.1) is 6.04 Å². The molecular formula is C15H26N2S. The van der Waals surface area contributed by atoms with Crippen LogP contribution in [0.4, 0.5) is 0 Å². The van der Waals surface area contributed by atoms with Crippen molar-refractivity contribution in [3.05, 3.63) is 16.1 Å². The molecule has 1 fully saturated rings.